The van der Waals surface area contributed by atoms with E-state index in [2.05, 4.69) is 0 Å². The minimum absolute atomic E-state index is 0.142. The molecule has 4 nitrogen and oxygen atoms in total. The van der Waals surface area contributed by atoms with Crippen molar-refractivity contribution in [2.24, 2.45) is 17.8 Å². The van der Waals surface area contributed by atoms with Gasteiger partial charge in [0.1, 0.15) is 0 Å². The van der Waals surface area contributed by atoms with Crippen molar-refractivity contribution in [3.8, 4) is 0 Å². The van der Waals surface area contributed by atoms with E-state index in [1.807, 2.05) is 5.32 Å². The van der Waals surface area contributed by atoms with Crippen LogP contribution in [0.25, 0.3) is 0 Å². The lowest BCUT2D eigenvalue weighted by Gasteiger charge is -2.34. The van der Waals surface area contributed by atoms with Crippen molar-refractivity contribution in [2.75, 3.05) is 0 Å². The van der Waals surface area contributed by atoms with Crippen LogP contribution < -0.4 is 5.32 Å². The third kappa shape index (κ3) is 2.44. The molecule has 0 spiro atoms. The zero-order valence-electron chi connectivity index (χ0n) is 9.54. The molecule has 102 valence electrons. The van der Waals surface area contributed by atoms with E-state index in [0.717, 1.165) is 0 Å². The fourth-order valence-corrected chi connectivity index (χ4v) is 3.20. The van der Waals surface area contributed by atoms with Gasteiger partial charge in [-0.25, -0.2) is 0 Å². The van der Waals surface area contributed by atoms with Crippen molar-refractivity contribution >= 4 is 11.9 Å². The van der Waals surface area contributed by atoms with Crippen molar-refractivity contribution in [3.05, 3.63) is 0 Å². The van der Waals surface area contributed by atoms with Crippen LogP contribution in [0, 0.1) is 17.8 Å². The molecule has 1 amide bonds. The highest BCUT2D eigenvalue weighted by Gasteiger charge is 2.48. The molecule has 2 saturated carbocycles. The van der Waals surface area contributed by atoms with Crippen LogP contribution in [0.4, 0.5) is 13.2 Å². The zero-order valence-corrected chi connectivity index (χ0v) is 9.54. The second-order valence-corrected chi connectivity index (χ2v) is 5.10. The van der Waals surface area contributed by atoms with Crippen LogP contribution >= 0.6 is 0 Å². The molecule has 2 bridgehead atoms. The Hall–Kier alpha value is -1.27. The van der Waals surface area contributed by atoms with Gasteiger partial charge >= 0.3 is 18.1 Å². The Morgan fingerprint density at radius 3 is 2.00 bits per heavy atom. The first kappa shape index (κ1) is 13.2. The van der Waals surface area contributed by atoms with Gasteiger partial charge in [0.2, 0.25) is 0 Å². The van der Waals surface area contributed by atoms with Crippen molar-refractivity contribution < 1.29 is 27.9 Å². The first-order valence-corrected chi connectivity index (χ1v) is 5.89. The van der Waals surface area contributed by atoms with Gasteiger partial charge in [-0.3, -0.25) is 9.59 Å². The van der Waals surface area contributed by atoms with Crippen LogP contribution in [-0.2, 0) is 9.59 Å². The number of nitrogens with one attached hydrogen (secondary N) is 1. The number of amides is 1. The van der Waals surface area contributed by atoms with E-state index in [-0.39, 0.29) is 11.8 Å². The van der Waals surface area contributed by atoms with Gasteiger partial charge in [0.05, 0.1) is 5.92 Å². The van der Waals surface area contributed by atoms with Crippen molar-refractivity contribution in [2.45, 2.75) is 37.9 Å². The fraction of sp³-hybridized carbons (Fsp3) is 0.818. The quantitative estimate of drug-likeness (QED) is 0.796. The van der Waals surface area contributed by atoms with E-state index in [4.69, 9.17) is 5.11 Å². The standard InChI is InChI=1S/C11H14F3NO3/c12-11(13,14)10(18)15-8-5-1-2-6(8)4-7(3-5)9(16)17/h5-8H,1-4H2,(H,15,18)(H,16,17)/t5-,6+,7?,8?. The molecule has 2 N–H and O–H groups in total. The van der Waals surface area contributed by atoms with Crippen molar-refractivity contribution in [1.29, 1.82) is 0 Å². The summed E-state index contributed by atoms with van der Waals surface area (Å²) in [4.78, 5) is 21.8. The number of carboxylic acids is 1. The predicted octanol–water partition coefficient (Wildman–Crippen LogP) is 1.55. The summed E-state index contributed by atoms with van der Waals surface area (Å²) in [6.07, 6.45) is -2.78. The van der Waals surface area contributed by atoms with Crippen LogP contribution in [0.1, 0.15) is 25.7 Å². The third-order valence-corrected chi connectivity index (χ3v) is 4.00. The van der Waals surface area contributed by atoms with Crippen LogP contribution in [0.3, 0.4) is 0 Å². The molecule has 7 heteroatoms. The highest BCUT2D eigenvalue weighted by atomic mass is 19.4. The van der Waals surface area contributed by atoms with Crippen LogP contribution in [0.2, 0.25) is 0 Å². The van der Waals surface area contributed by atoms with Gasteiger partial charge in [-0.05, 0) is 37.5 Å². The van der Waals surface area contributed by atoms with Crippen molar-refractivity contribution in [3.63, 3.8) is 0 Å². The van der Waals surface area contributed by atoms with E-state index >= 15 is 0 Å². The average Bonchev–Trinajstić information content (AvgIpc) is 2.49. The van der Waals surface area contributed by atoms with Gasteiger partial charge in [0.25, 0.3) is 0 Å². The summed E-state index contributed by atoms with van der Waals surface area (Å²) in [7, 11) is 0. The fourth-order valence-electron chi connectivity index (χ4n) is 3.20. The maximum Gasteiger partial charge on any atom is 0.471 e. The number of halogens is 3. The number of hydrogen-bond acceptors (Lipinski definition) is 2. The van der Waals surface area contributed by atoms with Gasteiger partial charge in [0.15, 0.2) is 0 Å². The minimum Gasteiger partial charge on any atom is -0.481 e. The molecular weight excluding hydrogens is 251 g/mol. The molecule has 2 rings (SSSR count). The maximum atomic E-state index is 12.2. The number of hydrogen-bond donors (Lipinski definition) is 2. The summed E-state index contributed by atoms with van der Waals surface area (Å²) in [5.74, 6) is -3.58. The van der Waals surface area contributed by atoms with Gasteiger partial charge < -0.3 is 10.4 Å². The summed E-state index contributed by atoms with van der Waals surface area (Å²) >= 11 is 0. The van der Waals surface area contributed by atoms with Gasteiger partial charge in [-0.1, -0.05) is 0 Å². The topological polar surface area (TPSA) is 66.4 Å². The normalized spacial score (nSPS) is 35.3. The molecule has 4 atom stereocenters. The number of carbonyl (C=O) groups is 2. The zero-order chi connectivity index (χ0) is 13.5. The Morgan fingerprint density at radius 2 is 1.61 bits per heavy atom. The maximum absolute atomic E-state index is 12.2. The Morgan fingerprint density at radius 1 is 1.11 bits per heavy atom. The number of carboxylic acid groups (broad SMARTS) is 1. The molecule has 18 heavy (non-hydrogen) atoms. The molecule has 0 saturated heterocycles. The molecule has 0 aromatic rings. The van der Waals surface area contributed by atoms with Crippen LogP contribution in [-0.4, -0.2) is 29.2 Å². The molecule has 0 aromatic heterocycles. The second-order valence-electron chi connectivity index (χ2n) is 5.10. The summed E-state index contributed by atoms with van der Waals surface area (Å²) in [5.41, 5.74) is 0. The number of carbonyl (C=O) groups excluding carboxylic acids is 1. The van der Waals surface area contributed by atoms with E-state index in [1.54, 1.807) is 0 Å². The van der Waals surface area contributed by atoms with Crippen molar-refractivity contribution in [1.82, 2.24) is 5.32 Å². The van der Waals surface area contributed by atoms with Crippen LogP contribution in [0.15, 0.2) is 0 Å². The lowest BCUT2D eigenvalue weighted by Crippen LogP contribution is -2.50. The monoisotopic (exact) mass is 265 g/mol. The van der Waals surface area contributed by atoms with Crippen LogP contribution in [0.5, 0.6) is 0 Å². The lowest BCUT2D eigenvalue weighted by atomic mass is 9.77. The highest BCUT2D eigenvalue weighted by Crippen LogP contribution is 2.45. The van der Waals surface area contributed by atoms with E-state index < -0.39 is 30.0 Å². The number of fused-ring (bicyclic) bond motifs is 2. The molecule has 0 radical (unpaired) electrons. The molecule has 0 heterocycles. The Bertz CT molecular complexity index is 355. The number of alkyl halides is 3. The first-order chi connectivity index (χ1) is 8.29. The average molecular weight is 265 g/mol. The summed E-state index contributed by atoms with van der Waals surface area (Å²) in [6, 6.07) is -0.519. The number of rotatable bonds is 2. The van der Waals surface area contributed by atoms with Gasteiger partial charge in [0, 0.05) is 6.04 Å². The summed E-state index contributed by atoms with van der Waals surface area (Å²) in [5, 5.41) is 11.0. The largest absolute Gasteiger partial charge is 0.481 e. The second kappa shape index (κ2) is 4.44. The number of aliphatic carboxylic acids is 1. The van der Waals surface area contributed by atoms with E-state index in [0.29, 0.717) is 25.7 Å². The summed E-state index contributed by atoms with van der Waals surface area (Å²) in [6.45, 7) is 0. The van der Waals surface area contributed by atoms with Gasteiger partial charge in [-0.2, -0.15) is 13.2 Å². The Balaban J connectivity index is 2.01. The molecule has 2 aliphatic carbocycles. The van der Waals surface area contributed by atoms with E-state index in [1.165, 1.54) is 0 Å². The Kier molecular flexibility index (Phi) is 3.25. The van der Waals surface area contributed by atoms with E-state index in [9.17, 15) is 22.8 Å². The SMILES string of the molecule is O=C(O)C1C[C@H]2CC[C@@H](C1)C2NC(=O)C(F)(F)F. The lowest BCUT2D eigenvalue weighted by molar-refractivity contribution is -0.175. The molecule has 2 unspecified atom stereocenters. The molecular formula is C11H14F3NO3. The molecule has 0 aromatic carbocycles. The molecule has 0 aliphatic heterocycles. The smallest absolute Gasteiger partial charge is 0.471 e. The molecule has 2 fully saturated rings. The highest BCUT2D eigenvalue weighted by molar-refractivity contribution is 5.82. The molecule has 2 aliphatic rings. The first-order valence-electron chi connectivity index (χ1n) is 5.89. The predicted molar refractivity (Wildman–Crippen MR) is 54.6 cm³/mol. The Labute approximate surface area is 102 Å². The third-order valence-electron chi connectivity index (χ3n) is 4.00. The summed E-state index contributed by atoms with van der Waals surface area (Å²) < 4.78 is 36.5. The van der Waals surface area contributed by atoms with Gasteiger partial charge in [-0.15, -0.1) is 0 Å². The minimum atomic E-state index is -4.87.